The predicted octanol–water partition coefficient (Wildman–Crippen LogP) is -0.121. The highest BCUT2D eigenvalue weighted by Gasteiger charge is 2.19. The molecule has 0 radical (unpaired) electrons. The Kier molecular flexibility index (Phi) is 6.65. The zero-order chi connectivity index (χ0) is 15.9. The second-order valence-electron chi connectivity index (χ2n) is 4.53. The lowest BCUT2D eigenvalue weighted by molar-refractivity contribution is 0.350. The molecule has 21 heavy (non-hydrogen) atoms. The standard InChI is InChI=1S/C14H20N2O4S/c1-16(2)9-8-15-21(18,19)14-11-12(5-4-10-17)6-7-13(14)20-3/h6-7,11,15,17H,8-10H2,1-3H3. The highest BCUT2D eigenvalue weighted by molar-refractivity contribution is 7.89. The fourth-order valence-electron chi connectivity index (χ4n) is 1.59. The van der Waals surface area contributed by atoms with Gasteiger partial charge in [0, 0.05) is 18.7 Å². The minimum Gasteiger partial charge on any atom is -0.495 e. The van der Waals surface area contributed by atoms with Gasteiger partial charge in [0.2, 0.25) is 10.0 Å². The molecule has 7 heteroatoms. The molecule has 0 saturated carbocycles. The fourth-order valence-corrected chi connectivity index (χ4v) is 2.80. The molecule has 1 aromatic carbocycles. The second-order valence-corrected chi connectivity index (χ2v) is 6.26. The van der Waals surface area contributed by atoms with E-state index in [4.69, 9.17) is 9.84 Å². The van der Waals surface area contributed by atoms with Crippen molar-refractivity contribution in [3.05, 3.63) is 23.8 Å². The van der Waals surface area contributed by atoms with E-state index in [1.165, 1.54) is 13.2 Å². The van der Waals surface area contributed by atoms with Gasteiger partial charge >= 0.3 is 0 Å². The maximum Gasteiger partial charge on any atom is 0.244 e. The van der Waals surface area contributed by atoms with E-state index in [0.29, 0.717) is 18.7 Å². The van der Waals surface area contributed by atoms with Gasteiger partial charge in [-0.15, -0.1) is 0 Å². The molecule has 0 amide bonds. The van der Waals surface area contributed by atoms with Crippen LogP contribution < -0.4 is 9.46 Å². The number of aliphatic hydroxyl groups is 1. The van der Waals surface area contributed by atoms with Gasteiger partial charge in [0.1, 0.15) is 17.3 Å². The fraction of sp³-hybridized carbons (Fsp3) is 0.429. The van der Waals surface area contributed by atoms with Crippen LogP contribution in [0.4, 0.5) is 0 Å². The third kappa shape index (κ3) is 5.36. The van der Waals surface area contributed by atoms with Crippen LogP contribution in [-0.4, -0.2) is 59.3 Å². The molecule has 6 nitrogen and oxygen atoms in total. The molecular weight excluding hydrogens is 292 g/mol. The monoisotopic (exact) mass is 312 g/mol. The molecule has 0 aromatic heterocycles. The Labute approximate surface area is 125 Å². The second kappa shape index (κ2) is 8.00. The number of aliphatic hydroxyl groups excluding tert-OH is 1. The van der Waals surface area contributed by atoms with E-state index in [1.807, 2.05) is 19.0 Å². The molecule has 0 aliphatic heterocycles. The van der Waals surface area contributed by atoms with Crippen molar-refractivity contribution in [3.63, 3.8) is 0 Å². The van der Waals surface area contributed by atoms with Crippen LogP contribution in [0.3, 0.4) is 0 Å². The number of ether oxygens (including phenoxy) is 1. The third-order valence-electron chi connectivity index (χ3n) is 2.62. The molecule has 0 heterocycles. The van der Waals surface area contributed by atoms with E-state index in [-0.39, 0.29) is 17.3 Å². The van der Waals surface area contributed by atoms with Crippen molar-refractivity contribution < 1.29 is 18.3 Å². The molecule has 0 unspecified atom stereocenters. The smallest absolute Gasteiger partial charge is 0.244 e. The third-order valence-corrected chi connectivity index (χ3v) is 4.10. The lowest BCUT2D eigenvalue weighted by Gasteiger charge is -2.13. The largest absolute Gasteiger partial charge is 0.495 e. The average Bonchev–Trinajstić information content (AvgIpc) is 2.44. The lowest BCUT2D eigenvalue weighted by atomic mass is 10.2. The van der Waals surface area contributed by atoms with E-state index < -0.39 is 10.0 Å². The Morgan fingerprint density at radius 3 is 2.67 bits per heavy atom. The molecule has 2 N–H and O–H groups in total. The number of likely N-dealkylation sites (N-methyl/N-ethyl adjacent to an activating group) is 1. The van der Waals surface area contributed by atoms with Crippen LogP contribution in [0.15, 0.2) is 23.1 Å². The zero-order valence-electron chi connectivity index (χ0n) is 12.4. The van der Waals surface area contributed by atoms with Crippen molar-refractivity contribution >= 4 is 10.0 Å². The van der Waals surface area contributed by atoms with E-state index >= 15 is 0 Å². The van der Waals surface area contributed by atoms with Crippen molar-refractivity contribution in [2.45, 2.75) is 4.90 Å². The Bertz CT molecular complexity index is 630. The number of methoxy groups -OCH3 is 1. The number of sulfonamides is 1. The summed E-state index contributed by atoms with van der Waals surface area (Å²) in [7, 11) is 1.45. The van der Waals surface area contributed by atoms with Crippen molar-refractivity contribution in [1.82, 2.24) is 9.62 Å². The minimum atomic E-state index is -3.68. The first kappa shape index (κ1) is 17.5. The van der Waals surface area contributed by atoms with Crippen molar-refractivity contribution in [3.8, 4) is 17.6 Å². The van der Waals surface area contributed by atoms with Crippen LogP contribution in [0.25, 0.3) is 0 Å². The van der Waals surface area contributed by atoms with Gasteiger partial charge in [0.25, 0.3) is 0 Å². The summed E-state index contributed by atoms with van der Waals surface area (Å²) in [5.41, 5.74) is 0.498. The van der Waals surface area contributed by atoms with Gasteiger partial charge in [0.15, 0.2) is 0 Å². The van der Waals surface area contributed by atoms with Crippen LogP contribution >= 0.6 is 0 Å². The molecule has 1 aromatic rings. The first-order valence-corrected chi connectivity index (χ1v) is 7.81. The van der Waals surface area contributed by atoms with Gasteiger partial charge < -0.3 is 14.7 Å². The van der Waals surface area contributed by atoms with Crippen LogP contribution in [0.5, 0.6) is 5.75 Å². The summed E-state index contributed by atoms with van der Waals surface area (Å²) in [6.07, 6.45) is 0. The highest BCUT2D eigenvalue weighted by atomic mass is 32.2. The number of hydrogen-bond acceptors (Lipinski definition) is 5. The van der Waals surface area contributed by atoms with Gasteiger partial charge in [-0.1, -0.05) is 11.8 Å². The lowest BCUT2D eigenvalue weighted by Crippen LogP contribution is -2.31. The zero-order valence-corrected chi connectivity index (χ0v) is 13.2. The minimum absolute atomic E-state index is 0.0356. The molecule has 0 saturated heterocycles. The molecule has 0 spiro atoms. The number of hydrogen-bond donors (Lipinski definition) is 2. The van der Waals surface area contributed by atoms with Gasteiger partial charge in [-0.25, -0.2) is 13.1 Å². The maximum absolute atomic E-state index is 12.3. The number of nitrogens with zero attached hydrogens (tertiary/aromatic N) is 1. The van der Waals surface area contributed by atoms with E-state index in [9.17, 15) is 8.42 Å². The Morgan fingerprint density at radius 1 is 1.38 bits per heavy atom. The summed E-state index contributed by atoms with van der Waals surface area (Å²) in [5, 5.41) is 8.69. The summed E-state index contributed by atoms with van der Waals surface area (Å²) in [6.45, 7) is 0.603. The highest BCUT2D eigenvalue weighted by Crippen LogP contribution is 2.24. The van der Waals surface area contributed by atoms with E-state index in [0.717, 1.165) is 0 Å². The SMILES string of the molecule is COc1ccc(C#CCO)cc1S(=O)(=O)NCCN(C)C. The Hall–Kier alpha value is -1.59. The first-order chi connectivity index (χ1) is 9.90. The van der Waals surface area contributed by atoms with Crippen LogP contribution in [0, 0.1) is 11.8 Å². The topological polar surface area (TPSA) is 78.9 Å². The molecule has 116 valence electrons. The summed E-state index contributed by atoms with van der Waals surface area (Å²) in [5.74, 6) is 5.41. The van der Waals surface area contributed by atoms with E-state index in [1.54, 1.807) is 12.1 Å². The summed E-state index contributed by atoms with van der Waals surface area (Å²) in [4.78, 5) is 1.91. The summed E-state index contributed by atoms with van der Waals surface area (Å²) < 4.78 is 32.2. The molecule has 0 aliphatic carbocycles. The van der Waals surface area contributed by atoms with Crippen LogP contribution in [0.1, 0.15) is 5.56 Å². The Morgan fingerprint density at radius 2 is 2.10 bits per heavy atom. The molecule has 1 rings (SSSR count). The average molecular weight is 312 g/mol. The number of rotatable bonds is 6. The summed E-state index contributed by atoms with van der Waals surface area (Å²) >= 11 is 0. The van der Waals surface area contributed by atoms with Gasteiger partial charge in [-0.3, -0.25) is 0 Å². The number of nitrogens with one attached hydrogen (secondary N) is 1. The van der Waals surface area contributed by atoms with Gasteiger partial charge in [0.05, 0.1) is 7.11 Å². The predicted molar refractivity (Wildman–Crippen MR) is 80.7 cm³/mol. The number of benzene rings is 1. The molecule has 0 atom stereocenters. The molecule has 0 fully saturated rings. The maximum atomic E-state index is 12.3. The van der Waals surface area contributed by atoms with Crippen molar-refractivity contribution in [2.75, 3.05) is 40.9 Å². The van der Waals surface area contributed by atoms with Crippen LogP contribution in [-0.2, 0) is 10.0 Å². The first-order valence-electron chi connectivity index (χ1n) is 6.33. The van der Waals surface area contributed by atoms with E-state index in [2.05, 4.69) is 16.6 Å². The van der Waals surface area contributed by atoms with Gasteiger partial charge in [-0.2, -0.15) is 0 Å². The van der Waals surface area contributed by atoms with Crippen molar-refractivity contribution in [2.24, 2.45) is 0 Å². The van der Waals surface area contributed by atoms with Gasteiger partial charge in [-0.05, 0) is 32.3 Å². The summed E-state index contributed by atoms with van der Waals surface area (Å²) in [6, 6.07) is 4.61. The molecule has 0 aliphatic rings. The molecular formula is C14H20N2O4S. The quantitative estimate of drug-likeness (QED) is 0.716. The molecule has 0 bridgehead atoms. The van der Waals surface area contributed by atoms with Crippen molar-refractivity contribution in [1.29, 1.82) is 0 Å². The Balaban J connectivity index is 3.07. The normalized spacial score (nSPS) is 11.1. The van der Waals surface area contributed by atoms with Crippen LogP contribution in [0.2, 0.25) is 0 Å².